The number of allylic oxidation sites excluding steroid dienone is 2. The number of fused-ring (bicyclic) bond motifs is 14. The summed E-state index contributed by atoms with van der Waals surface area (Å²) < 4.78 is 23.6. The number of rotatable bonds is 13. The zero-order chi connectivity index (χ0) is 46.8. The standard InChI is InChI=1S/C48H68N2O13/c1-11-12-13-14-15-16-17-18-23-61-49-25-33-38-43(56)36-35(42(33)55)37-45(31(7)41(36)54)63-48(9,46(37)57)60-24-22-34(59-10)28(4)44(62-32(8)51)30(6)40(53)29(5)39(52)26(2)20-19-21-27(3)47(58)50-38/h19-22,24-26,28-30,34,39-40,44,52-56H,11-18,23H2,1-10H3,(H,50,58)/b20-19?,24-22?,27-21?,49-25+. The third-order valence-electron chi connectivity index (χ3n) is 12.4. The third kappa shape index (κ3) is 11.5. The molecule has 3 aliphatic rings. The van der Waals surface area contributed by atoms with E-state index in [9.17, 15) is 39.9 Å². The molecule has 9 unspecified atom stereocenters. The van der Waals surface area contributed by atoms with Gasteiger partial charge in [0.1, 0.15) is 30.0 Å². The van der Waals surface area contributed by atoms with E-state index in [1.54, 1.807) is 39.8 Å². The summed E-state index contributed by atoms with van der Waals surface area (Å²) in [6.45, 7) is 14.9. The number of benzene rings is 2. The van der Waals surface area contributed by atoms with E-state index in [-0.39, 0.29) is 51.1 Å². The van der Waals surface area contributed by atoms with Crippen LogP contribution in [0, 0.1) is 30.6 Å². The van der Waals surface area contributed by atoms with Crippen LogP contribution in [0.15, 0.2) is 41.3 Å². The number of amides is 1. The van der Waals surface area contributed by atoms with Crippen LogP contribution in [0.2, 0.25) is 0 Å². The quantitative estimate of drug-likeness (QED) is 0.0279. The van der Waals surface area contributed by atoms with Crippen molar-refractivity contribution >= 4 is 40.3 Å². The number of esters is 1. The summed E-state index contributed by atoms with van der Waals surface area (Å²) in [7, 11) is 1.43. The SMILES string of the molecule is CCCCCCCCCCO/N=C/c1c2c(O)c3c(O)c(C)c4c(c3c1O)C(=O)C(C)(OC=CC(OC)C(C)C(OC(C)=O)C(C)C(O)C(C)C(O)C(C)C=CC=C(C)C(=O)N2)O4. The summed E-state index contributed by atoms with van der Waals surface area (Å²) in [5.74, 6) is -8.54. The van der Waals surface area contributed by atoms with Crippen molar-refractivity contribution in [2.45, 2.75) is 144 Å². The Labute approximate surface area is 370 Å². The second kappa shape index (κ2) is 22.5. The van der Waals surface area contributed by atoms with Crippen LogP contribution in [0.4, 0.5) is 5.69 Å². The number of aliphatic hydroxyl groups is 2. The number of ether oxygens (including phenoxy) is 4. The van der Waals surface area contributed by atoms with E-state index in [4.69, 9.17) is 23.8 Å². The summed E-state index contributed by atoms with van der Waals surface area (Å²) in [5, 5.41) is 64.5. The molecule has 0 saturated heterocycles. The van der Waals surface area contributed by atoms with Crippen molar-refractivity contribution in [3.8, 4) is 23.0 Å². The Morgan fingerprint density at radius 3 is 2.17 bits per heavy atom. The number of unbranched alkanes of at least 4 members (excludes halogenated alkanes) is 7. The van der Waals surface area contributed by atoms with Crippen LogP contribution in [-0.4, -0.2) is 93.3 Å². The molecule has 3 heterocycles. The van der Waals surface area contributed by atoms with E-state index in [1.165, 1.54) is 78.9 Å². The van der Waals surface area contributed by atoms with Gasteiger partial charge in [0.2, 0.25) is 0 Å². The molecule has 5 bridgehead atoms. The predicted octanol–water partition coefficient (Wildman–Crippen LogP) is 8.25. The first kappa shape index (κ1) is 50.5. The van der Waals surface area contributed by atoms with Crippen LogP contribution >= 0.6 is 0 Å². The number of phenols is 3. The highest BCUT2D eigenvalue weighted by atomic mass is 16.7. The minimum absolute atomic E-state index is 0.0432. The number of carbonyl (C=O) groups is 3. The summed E-state index contributed by atoms with van der Waals surface area (Å²) in [6, 6.07) is 0. The van der Waals surface area contributed by atoms with E-state index in [1.807, 2.05) is 0 Å². The highest BCUT2D eigenvalue weighted by Crippen LogP contribution is 2.55. The summed E-state index contributed by atoms with van der Waals surface area (Å²) in [5.41, 5.74) is -0.533. The van der Waals surface area contributed by atoms with E-state index >= 15 is 0 Å². The van der Waals surface area contributed by atoms with E-state index in [0.29, 0.717) is 0 Å². The molecular weight excluding hydrogens is 813 g/mol. The van der Waals surface area contributed by atoms with Gasteiger partial charge >= 0.3 is 11.8 Å². The average Bonchev–Trinajstić information content (AvgIpc) is 3.51. The van der Waals surface area contributed by atoms with Gasteiger partial charge in [-0.2, -0.15) is 0 Å². The Morgan fingerprint density at radius 2 is 1.54 bits per heavy atom. The number of Topliss-reactive ketones (excluding diaryl/α,β-unsaturated/α-hetero) is 1. The zero-order valence-electron chi connectivity index (χ0n) is 38.4. The lowest BCUT2D eigenvalue weighted by Gasteiger charge is -2.38. The van der Waals surface area contributed by atoms with Crippen LogP contribution < -0.4 is 10.1 Å². The van der Waals surface area contributed by atoms with Gasteiger partial charge in [0.15, 0.2) is 5.75 Å². The Kier molecular flexibility index (Phi) is 18.0. The van der Waals surface area contributed by atoms with Gasteiger partial charge in [-0.25, -0.2) is 0 Å². The Hall–Kier alpha value is -5.12. The van der Waals surface area contributed by atoms with Crippen molar-refractivity contribution in [2.75, 3.05) is 19.0 Å². The first-order valence-electron chi connectivity index (χ1n) is 22.1. The van der Waals surface area contributed by atoms with Crippen LogP contribution in [0.25, 0.3) is 10.8 Å². The minimum Gasteiger partial charge on any atom is -0.507 e. The highest BCUT2D eigenvalue weighted by molar-refractivity contribution is 6.23. The van der Waals surface area contributed by atoms with Crippen molar-refractivity contribution in [1.82, 2.24) is 0 Å². The van der Waals surface area contributed by atoms with E-state index in [2.05, 4.69) is 17.4 Å². The average molecular weight is 881 g/mol. The number of hydrogen-bond donors (Lipinski definition) is 6. The topological polar surface area (TPSA) is 223 Å². The maximum atomic E-state index is 14.4. The molecule has 15 heteroatoms. The summed E-state index contributed by atoms with van der Waals surface area (Å²) >= 11 is 0. The van der Waals surface area contributed by atoms with Gasteiger partial charge in [0.25, 0.3) is 11.7 Å². The van der Waals surface area contributed by atoms with Gasteiger partial charge in [0, 0.05) is 61.2 Å². The molecule has 6 N–H and O–H groups in total. The number of aromatic hydroxyl groups is 3. The smallest absolute Gasteiger partial charge is 0.312 e. The van der Waals surface area contributed by atoms with Crippen LogP contribution in [-0.2, 0) is 28.6 Å². The molecule has 15 nitrogen and oxygen atoms in total. The molecule has 2 aromatic carbocycles. The largest absolute Gasteiger partial charge is 0.507 e. The number of phenolic OH excluding ortho intramolecular Hbond substituents is 3. The van der Waals surface area contributed by atoms with Crippen molar-refractivity contribution in [1.29, 1.82) is 0 Å². The number of oxime groups is 1. The fourth-order valence-corrected chi connectivity index (χ4v) is 8.32. The Morgan fingerprint density at radius 1 is 0.889 bits per heavy atom. The molecule has 0 radical (unpaired) electrons. The molecule has 0 fully saturated rings. The fourth-order valence-electron chi connectivity index (χ4n) is 8.32. The van der Waals surface area contributed by atoms with Crippen LogP contribution in [0.5, 0.6) is 23.0 Å². The summed E-state index contributed by atoms with van der Waals surface area (Å²) in [6.07, 6.45) is 13.3. The second-order valence-corrected chi connectivity index (χ2v) is 17.2. The van der Waals surface area contributed by atoms with Gasteiger partial charge in [-0.05, 0) is 32.8 Å². The van der Waals surface area contributed by atoms with Crippen molar-refractivity contribution < 1.29 is 63.7 Å². The van der Waals surface area contributed by atoms with Crippen molar-refractivity contribution in [2.24, 2.45) is 28.8 Å². The van der Waals surface area contributed by atoms with Crippen LogP contribution in [0.1, 0.15) is 128 Å². The van der Waals surface area contributed by atoms with Gasteiger partial charge < -0.3 is 54.6 Å². The minimum atomic E-state index is -2.06. The molecule has 3 aliphatic heterocycles. The van der Waals surface area contributed by atoms with Crippen LogP contribution in [0.3, 0.4) is 0 Å². The van der Waals surface area contributed by atoms with Gasteiger partial charge in [-0.1, -0.05) is 96.5 Å². The Bertz CT molecular complexity index is 2080. The zero-order valence-corrected chi connectivity index (χ0v) is 38.4. The number of nitrogens with zero attached hydrogens (tertiary/aromatic N) is 1. The normalized spacial score (nSPS) is 27.1. The Balaban J connectivity index is 1.85. The lowest BCUT2D eigenvalue weighted by atomic mass is 9.78. The molecule has 5 rings (SSSR count). The fraction of sp³-hybridized carbons (Fsp3) is 0.583. The maximum Gasteiger partial charge on any atom is 0.312 e. The summed E-state index contributed by atoms with van der Waals surface area (Å²) in [4.78, 5) is 46.1. The first-order valence-corrected chi connectivity index (χ1v) is 22.1. The molecular formula is C48H68N2O13. The lowest BCUT2D eigenvalue weighted by molar-refractivity contribution is -0.160. The first-order chi connectivity index (χ1) is 29.8. The van der Waals surface area contributed by atoms with E-state index < -0.39 is 88.8 Å². The number of anilines is 1. The molecule has 0 aliphatic carbocycles. The number of methoxy groups -OCH3 is 1. The number of hydrogen-bond acceptors (Lipinski definition) is 14. The third-order valence-corrected chi connectivity index (χ3v) is 12.4. The van der Waals surface area contributed by atoms with Crippen molar-refractivity contribution in [3.63, 3.8) is 0 Å². The van der Waals surface area contributed by atoms with Gasteiger partial charge in [-0.3, -0.25) is 14.4 Å². The molecule has 63 heavy (non-hydrogen) atoms. The number of carbonyl (C=O) groups excluding carboxylic acids is 3. The molecule has 2 aromatic rings. The number of aliphatic hydroxyl groups excluding tert-OH is 2. The lowest BCUT2D eigenvalue weighted by Crippen LogP contribution is -2.46. The molecule has 0 aromatic heterocycles. The van der Waals surface area contributed by atoms with Crippen molar-refractivity contribution in [3.05, 3.63) is 52.8 Å². The molecule has 1 amide bonds. The molecule has 0 spiro atoms. The number of nitrogens with one attached hydrogen (secondary N) is 1. The molecule has 348 valence electrons. The number of ketones is 1. The second-order valence-electron chi connectivity index (χ2n) is 17.2. The predicted molar refractivity (Wildman–Crippen MR) is 240 cm³/mol. The van der Waals surface area contributed by atoms with E-state index in [0.717, 1.165) is 31.9 Å². The maximum absolute atomic E-state index is 14.4. The van der Waals surface area contributed by atoms with Gasteiger partial charge in [0.05, 0.1) is 53.0 Å². The molecule has 9 atom stereocenters. The molecule has 0 saturated carbocycles. The monoisotopic (exact) mass is 880 g/mol. The highest BCUT2D eigenvalue weighted by Gasteiger charge is 2.50. The van der Waals surface area contributed by atoms with Gasteiger partial charge in [-0.15, -0.1) is 0 Å².